The zero-order valence-corrected chi connectivity index (χ0v) is 21.3. The second-order valence-electron chi connectivity index (χ2n) is 9.03. The van der Waals surface area contributed by atoms with Crippen LogP contribution in [0, 0.1) is 5.92 Å². The van der Waals surface area contributed by atoms with Crippen molar-refractivity contribution in [2.24, 2.45) is 5.92 Å². The van der Waals surface area contributed by atoms with Crippen LogP contribution in [0.5, 0.6) is 11.5 Å². The first-order valence-electron chi connectivity index (χ1n) is 11.7. The van der Waals surface area contributed by atoms with Crippen molar-refractivity contribution in [2.75, 3.05) is 58.6 Å². The molecule has 1 heterocycles. The van der Waals surface area contributed by atoms with Gasteiger partial charge in [-0.15, -0.1) is 0 Å². The predicted molar refractivity (Wildman–Crippen MR) is 137 cm³/mol. The number of hydrogen-bond donors (Lipinski definition) is 2. The van der Waals surface area contributed by atoms with Gasteiger partial charge < -0.3 is 29.7 Å². The van der Waals surface area contributed by atoms with Gasteiger partial charge in [-0.2, -0.15) is 0 Å². The Kier molecular flexibility index (Phi) is 8.95. The van der Waals surface area contributed by atoms with Gasteiger partial charge in [-0.25, -0.2) is 4.79 Å². The Morgan fingerprint density at radius 2 is 1.80 bits per heavy atom. The van der Waals surface area contributed by atoms with Gasteiger partial charge in [-0.3, -0.25) is 9.69 Å². The number of ether oxygens (including phenoxy) is 3. The summed E-state index contributed by atoms with van der Waals surface area (Å²) >= 11 is 0. The Hall–Kier alpha value is -3.30. The number of rotatable bonds is 4. The molecule has 9 nitrogen and oxygen atoms in total. The summed E-state index contributed by atoms with van der Waals surface area (Å²) in [5, 5.41) is 5.56. The van der Waals surface area contributed by atoms with Crippen LogP contribution in [0.2, 0.25) is 0 Å². The molecule has 2 N–H and O–H groups in total. The van der Waals surface area contributed by atoms with E-state index < -0.39 is 6.03 Å². The molecule has 0 fully saturated rings. The van der Waals surface area contributed by atoms with E-state index in [0.717, 1.165) is 6.54 Å². The number of methoxy groups -OCH3 is 2. The molecule has 0 radical (unpaired) electrons. The van der Waals surface area contributed by atoms with Gasteiger partial charge in [0.1, 0.15) is 18.1 Å². The van der Waals surface area contributed by atoms with Crippen LogP contribution >= 0.6 is 0 Å². The number of amides is 3. The molecule has 1 aliphatic rings. The molecular weight excluding hydrogens is 448 g/mol. The van der Waals surface area contributed by atoms with Crippen LogP contribution in [0.3, 0.4) is 0 Å². The minimum absolute atomic E-state index is 0.115. The number of carbonyl (C=O) groups is 2. The molecule has 1 aliphatic heterocycles. The highest BCUT2D eigenvalue weighted by Gasteiger charge is 2.27. The summed E-state index contributed by atoms with van der Waals surface area (Å²) in [6, 6.07) is 11.9. The normalized spacial score (nSPS) is 21.7. The molecule has 0 bridgehead atoms. The number of carbonyl (C=O) groups excluding carboxylic acids is 2. The predicted octanol–water partition coefficient (Wildman–Crippen LogP) is 3.78. The van der Waals surface area contributed by atoms with Crippen LogP contribution < -0.4 is 20.1 Å². The van der Waals surface area contributed by atoms with Crippen LogP contribution in [0.25, 0.3) is 0 Å². The van der Waals surface area contributed by atoms with Crippen LogP contribution in [0.15, 0.2) is 42.5 Å². The molecule has 2 aromatic carbocycles. The highest BCUT2D eigenvalue weighted by Crippen LogP contribution is 2.27. The fraction of sp³-hybridized carbons (Fsp3) is 0.462. The van der Waals surface area contributed by atoms with Crippen LogP contribution in [-0.4, -0.2) is 81.9 Å². The number of hydrogen-bond acceptors (Lipinski definition) is 6. The molecule has 3 amide bonds. The van der Waals surface area contributed by atoms with Gasteiger partial charge in [0.05, 0.1) is 24.5 Å². The van der Waals surface area contributed by atoms with E-state index in [-0.39, 0.29) is 24.0 Å². The van der Waals surface area contributed by atoms with E-state index in [2.05, 4.69) is 36.4 Å². The second-order valence-corrected chi connectivity index (χ2v) is 9.03. The summed E-state index contributed by atoms with van der Waals surface area (Å²) in [6.45, 7) is 5.89. The molecular formula is C26H36N4O5. The van der Waals surface area contributed by atoms with Gasteiger partial charge in [0, 0.05) is 39.0 Å². The van der Waals surface area contributed by atoms with Gasteiger partial charge in [-0.1, -0.05) is 19.1 Å². The van der Waals surface area contributed by atoms with Gasteiger partial charge in [0.2, 0.25) is 0 Å². The third kappa shape index (κ3) is 6.64. The van der Waals surface area contributed by atoms with E-state index in [1.165, 1.54) is 7.11 Å². The first kappa shape index (κ1) is 26.3. The topological polar surface area (TPSA) is 92.4 Å². The van der Waals surface area contributed by atoms with Gasteiger partial charge in [0.15, 0.2) is 0 Å². The lowest BCUT2D eigenvalue weighted by Crippen LogP contribution is -2.45. The van der Waals surface area contributed by atoms with Crippen molar-refractivity contribution < 1.29 is 23.8 Å². The molecule has 0 saturated heterocycles. The summed E-state index contributed by atoms with van der Waals surface area (Å²) in [4.78, 5) is 29.9. The van der Waals surface area contributed by atoms with Crippen molar-refractivity contribution in [3.05, 3.63) is 48.0 Å². The van der Waals surface area contributed by atoms with Crippen molar-refractivity contribution in [3.63, 3.8) is 0 Å². The van der Waals surface area contributed by atoms with Crippen molar-refractivity contribution in [3.8, 4) is 11.5 Å². The molecule has 190 valence electrons. The Morgan fingerprint density at radius 3 is 2.51 bits per heavy atom. The highest BCUT2D eigenvalue weighted by atomic mass is 16.5. The zero-order chi connectivity index (χ0) is 25.5. The van der Waals surface area contributed by atoms with Gasteiger partial charge in [0.25, 0.3) is 5.91 Å². The lowest BCUT2D eigenvalue weighted by Gasteiger charge is -2.34. The van der Waals surface area contributed by atoms with Crippen molar-refractivity contribution in [1.29, 1.82) is 0 Å². The number of fused-ring (bicyclic) bond motifs is 1. The van der Waals surface area contributed by atoms with E-state index in [1.807, 2.05) is 6.07 Å². The average Bonchev–Trinajstić information content (AvgIpc) is 2.85. The number of anilines is 2. The van der Waals surface area contributed by atoms with Crippen molar-refractivity contribution >= 4 is 23.3 Å². The van der Waals surface area contributed by atoms with Crippen molar-refractivity contribution in [1.82, 2.24) is 9.80 Å². The number of nitrogens with one attached hydrogen (secondary N) is 2. The smallest absolute Gasteiger partial charge is 0.323 e. The lowest BCUT2D eigenvalue weighted by molar-refractivity contribution is 0.0150. The third-order valence-corrected chi connectivity index (χ3v) is 6.37. The Balaban J connectivity index is 1.85. The summed E-state index contributed by atoms with van der Waals surface area (Å²) < 4.78 is 17.1. The van der Waals surface area contributed by atoms with Crippen LogP contribution in [0.1, 0.15) is 24.2 Å². The molecule has 3 atom stereocenters. The number of nitrogens with zero attached hydrogens (tertiary/aromatic N) is 2. The Morgan fingerprint density at radius 1 is 1.06 bits per heavy atom. The van der Waals surface area contributed by atoms with Crippen LogP contribution in [-0.2, 0) is 4.74 Å². The molecule has 3 rings (SSSR count). The van der Waals surface area contributed by atoms with Gasteiger partial charge in [-0.05, 0) is 50.2 Å². The molecule has 0 saturated carbocycles. The standard InChI is InChI=1S/C26H36N4O5/c1-17-14-29(3)18(2)16-35-22-12-11-19(13-20(22)25(31)30(4)15-24(17)34-6)27-26(32)28-21-9-7-8-10-23(21)33-5/h7-13,17-18,24H,14-16H2,1-6H3,(H2,27,28,32)/t17-,18-,24+/m1/s1. The molecule has 0 aromatic heterocycles. The van der Waals surface area contributed by atoms with Crippen LogP contribution in [0.4, 0.5) is 16.2 Å². The first-order chi connectivity index (χ1) is 16.7. The summed E-state index contributed by atoms with van der Waals surface area (Å²) in [5.74, 6) is 1.03. The molecule has 0 spiro atoms. The van der Waals surface area contributed by atoms with Crippen molar-refractivity contribution in [2.45, 2.75) is 26.0 Å². The zero-order valence-electron chi connectivity index (χ0n) is 21.3. The van der Waals surface area contributed by atoms with E-state index in [9.17, 15) is 9.59 Å². The molecule has 35 heavy (non-hydrogen) atoms. The molecule has 0 aliphatic carbocycles. The maximum atomic E-state index is 13.4. The van der Waals surface area contributed by atoms with E-state index >= 15 is 0 Å². The average molecular weight is 485 g/mol. The van der Waals surface area contributed by atoms with E-state index in [1.54, 1.807) is 55.5 Å². The third-order valence-electron chi connectivity index (χ3n) is 6.37. The highest BCUT2D eigenvalue weighted by molar-refractivity contribution is 6.03. The lowest BCUT2D eigenvalue weighted by atomic mass is 10.0. The SMILES string of the molecule is COc1ccccc1NC(=O)Nc1ccc2c(c1)C(=O)N(C)C[C@H](OC)[C@H](C)CN(C)[C@H](C)CO2. The summed E-state index contributed by atoms with van der Waals surface area (Å²) in [6.07, 6.45) is -0.115. The Labute approximate surface area is 207 Å². The van der Waals surface area contributed by atoms with Gasteiger partial charge >= 0.3 is 6.03 Å². The largest absolute Gasteiger partial charge is 0.495 e. The maximum absolute atomic E-state index is 13.4. The number of likely N-dealkylation sites (N-methyl/N-ethyl adjacent to an activating group) is 2. The summed E-state index contributed by atoms with van der Waals surface area (Å²) in [7, 11) is 7.02. The minimum Gasteiger partial charge on any atom is -0.495 e. The number of urea groups is 1. The fourth-order valence-electron chi connectivity index (χ4n) is 4.07. The van der Waals surface area contributed by atoms with E-state index in [4.69, 9.17) is 14.2 Å². The summed E-state index contributed by atoms with van der Waals surface area (Å²) in [5.41, 5.74) is 1.38. The number of benzene rings is 2. The number of para-hydroxylation sites is 2. The quantitative estimate of drug-likeness (QED) is 0.686. The molecule has 2 aromatic rings. The maximum Gasteiger partial charge on any atom is 0.323 e. The first-order valence-corrected chi connectivity index (χ1v) is 11.7. The second kappa shape index (κ2) is 11.9. The Bertz CT molecular complexity index is 1030. The fourth-order valence-corrected chi connectivity index (χ4v) is 4.07. The van der Waals surface area contributed by atoms with E-state index in [0.29, 0.717) is 41.6 Å². The molecule has 9 heteroatoms. The monoisotopic (exact) mass is 484 g/mol. The minimum atomic E-state index is -0.451. The molecule has 0 unspecified atom stereocenters.